The van der Waals surface area contributed by atoms with Crippen LogP contribution in [-0.2, 0) is 14.4 Å². The summed E-state index contributed by atoms with van der Waals surface area (Å²) in [7, 11) is 0. The van der Waals surface area contributed by atoms with E-state index < -0.39 is 23.3 Å². The molecule has 0 aliphatic carbocycles. The normalized spacial score (nSPS) is 7.70. The van der Waals surface area contributed by atoms with Crippen LogP contribution >= 0.6 is 0 Å². The minimum atomic E-state index is -1.22. The van der Waals surface area contributed by atoms with E-state index in [1.54, 1.807) is 6.92 Å². The van der Waals surface area contributed by atoms with Crippen LogP contribution in [0.5, 0.6) is 0 Å². The first-order valence-corrected chi connectivity index (χ1v) is 5.41. The lowest BCUT2D eigenvalue weighted by Crippen LogP contribution is -2.29. The average molecular weight is 330 g/mol. The standard InChI is InChI=1S/C5H12O3.3C3H2O2/c1-5(2-6,3-7)4-8;3*1-2-3(4)5/h6-8H,2-4H2,1H3;3*1H,(H,4,5). The van der Waals surface area contributed by atoms with E-state index in [9.17, 15) is 0 Å². The van der Waals surface area contributed by atoms with E-state index in [1.807, 2.05) is 0 Å². The van der Waals surface area contributed by atoms with Gasteiger partial charge < -0.3 is 30.6 Å². The Morgan fingerprint density at radius 3 is 0.870 bits per heavy atom. The van der Waals surface area contributed by atoms with Crippen LogP contribution in [0.15, 0.2) is 0 Å². The Morgan fingerprint density at radius 2 is 0.870 bits per heavy atom. The van der Waals surface area contributed by atoms with Crippen LogP contribution in [0.3, 0.4) is 0 Å². The Balaban J connectivity index is -0.000000108. The first-order chi connectivity index (χ1) is 10.5. The summed E-state index contributed by atoms with van der Waals surface area (Å²) in [5.41, 5.74) is -0.708. The van der Waals surface area contributed by atoms with E-state index in [0.29, 0.717) is 0 Å². The van der Waals surface area contributed by atoms with Crippen molar-refractivity contribution in [2.45, 2.75) is 6.92 Å². The van der Waals surface area contributed by atoms with Crippen molar-refractivity contribution in [1.29, 1.82) is 0 Å². The summed E-state index contributed by atoms with van der Waals surface area (Å²) in [5, 5.41) is 47.9. The summed E-state index contributed by atoms with van der Waals surface area (Å²) in [5.74, 6) is 0.681. The summed E-state index contributed by atoms with van der Waals surface area (Å²) in [4.78, 5) is 27.4. The van der Waals surface area contributed by atoms with Crippen molar-refractivity contribution in [3.05, 3.63) is 0 Å². The third-order valence-electron chi connectivity index (χ3n) is 1.52. The third-order valence-corrected chi connectivity index (χ3v) is 1.52. The number of hydrogen-bond donors (Lipinski definition) is 6. The fourth-order valence-corrected chi connectivity index (χ4v) is 0.150. The molecule has 0 heterocycles. The van der Waals surface area contributed by atoms with Gasteiger partial charge in [0.05, 0.1) is 19.8 Å². The number of aliphatic carboxylic acids is 3. The molecule has 0 spiro atoms. The van der Waals surface area contributed by atoms with Crippen LogP contribution in [-0.4, -0.2) is 68.4 Å². The van der Waals surface area contributed by atoms with Gasteiger partial charge in [0, 0.05) is 23.2 Å². The highest BCUT2D eigenvalue weighted by Gasteiger charge is 2.20. The molecule has 0 radical (unpaired) electrons. The van der Waals surface area contributed by atoms with Crippen LogP contribution in [0.1, 0.15) is 6.92 Å². The molecule has 9 heteroatoms. The Bertz CT molecular complexity index is 405. The zero-order valence-electron chi connectivity index (χ0n) is 12.3. The molecule has 9 nitrogen and oxygen atoms in total. The first kappa shape index (κ1) is 28.2. The minimum absolute atomic E-state index is 0.181. The largest absolute Gasteiger partial charge is 0.472 e. The predicted octanol–water partition coefficient (Wildman–Crippen LogP) is -1.92. The van der Waals surface area contributed by atoms with Gasteiger partial charge >= 0.3 is 17.9 Å². The van der Waals surface area contributed by atoms with Crippen LogP contribution in [0.25, 0.3) is 0 Å². The predicted molar refractivity (Wildman–Crippen MR) is 78.8 cm³/mol. The number of carboxylic acid groups (broad SMARTS) is 3. The maximum atomic E-state index is 9.13. The van der Waals surface area contributed by atoms with E-state index in [0.717, 1.165) is 0 Å². The molecule has 0 rings (SSSR count). The molecule has 0 saturated heterocycles. The van der Waals surface area contributed by atoms with Gasteiger partial charge in [0.2, 0.25) is 0 Å². The summed E-state index contributed by atoms with van der Waals surface area (Å²) in [6, 6.07) is 0. The second-order valence-electron chi connectivity index (χ2n) is 3.63. The van der Waals surface area contributed by atoms with Gasteiger partial charge in [0.1, 0.15) is 0 Å². The van der Waals surface area contributed by atoms with Gasteiger partial charge in [0.25, 0.3) is 0 Å². The number of aliphatic hydroxyl groups is 3. The smallest absolute Gasteiger partial charge is 0.381 e. The molecule has 0 unspecified atom stereocenters. The van der Waals surface area contributed by atoms with Crippen molar-refractivity contribution < 1.29 is 45.0 Å². The first-order valence-electron chi connectivity index (χ1n) is 5.41. The fourth-order valence-electron chi connectivity index (χ4n) is 0.150. The quantitative estimate of drug-likeness (QED) is 0.322. The topological polar surface area (TPSA) is 173 Å². The van der Waals surface area contributed by atoms with Crippen LogP contribution < -0.4 is 0 Å². The van der Waals surface area contributed by atoms with Crippen molar-refractivity contribution in [3.63, 3.8) is 0 Å². The Morgan fingerprint density at radius 1 is 0.739 bits per heavy atom. The van der Waals surface area contributed by atoms with Gasteiger partial charge in [-0.1, -0.05) is 6.92 Å². The number of aliphatic hydroxyl groups excluding tert-OH is 3. The van der Waals surface area contributed by atoms with Crippen molar-refractivity contribution in [2.75, 3.05) is 19.8 Å². The van der Waals surface area contributed by atoms with Crippen molar-refractivity contribution in [3.8, 4) is 37.0 Å². The Labute approximate surface area is 133 Å². The van der Waals surface area contributed by atoms with E-state index in [1.165, 1.54) is 17.8 Å². The SMILES string of the molecule is C#CC(=O)O.C#CC(=O)O.C#CC(=O)O.CC(CO)(CO)CO. The molecule has 0 aromatic rings. The summed E-state index contributed by atoms with van der Waals surface area (Å²) < 4.78 is 0. The lowest BCUT2D eigenvalue weighted by molar-refractivity contribution is -0.131. The molecule has 0 aromatic carbocycles. The number of hydrogen-bond acceptors (Lipinski definition) is 6. The molecule has 23 heavy (non-hydrogen) atoms. The van der Waals surface area contributed by atoms with Crippen molar-refractivity contribution in [2.24, 2.45) is 5.41 Å². The van der Waals surface area contributed by atoms with Gasteiger partial charge in [-0.2, -0.15) is 0 Å². The molecule has 0 saturated carbocycles. The Hall–Kier alpha value is -3.03. The maximum absolute atomic E-state index is 9.13. The monoisotopic (exact) mass is 330 g/mol. The summed E-state index contributed by atoms with van der Waals surface area (Å²) >= 11 is 0. The molecule has 0 amide bonds. The van der Waals surface area contributed by atoms with E-state index in [4.69, 9.17) is 45.0 Å². The average Bonchev–Trinajstić information content (AvgIpc) is 2.55. The third kappa shape index (κ3) is 38.1. The fraction of sp³-hybridized carbons (Fsp3) is 0.357. The molecular weight excluding hydrogens is 312 g/mol. The number of terminal acetylenes is 3. The zero-order chi connectivity index (χ0) is 19.5. The van der Waals surface area contributed by atoms with Crippen molar-refractivity contribution in [1.82, 2.24) is 0 Å². The highest BCUT2D eigenvalue weighted by Crippen LogP contribution is 2.10. The summed E-state index contributed by atoms with van der Waals surface area (Å²) in [6.07, 6.45) is 13.0. The Kier molecular flexibility index (Phi) is 23.2. The van der Waals surface area contributed by atoms with Gasteiger partial charge in [-0.05, 0) is 0 Å². The maximum Gasteiger partial charge on any atom is 0.381 e. The lowest BCUT2D eigenvalue weighted by Gasteiger charge is -2.20. The zero-order valence-corrected chi connectivity index (χ0v) is 12.3. The second kappa shape index (κ2) is 19.0. The highest BCUT2D eigenvalue weighted by molar-refractivity contribution is 5.86. The van der Waals surface area contributed by atoms with Crippen LogP contribution in [0, 0.1) is 42.4 Å². The number of rotatable bonds is 3. The van der Waals surface area contributed by atoms with E-state index >= 15 is 0 Å². The molecule has 0 aliphatic rings. The highest BCUT2D eigenvalue weighted by atomic mass is 16.4. The molecular formula is C14H18O9. The molecule has 0 aliphatic heterocycles. The van der Waals surface area contributed by atoms with Gasteiger partial charge in [-0.15, -0.1) is 19.3 Å². The molecule has 0 bridgehead atoms. The molecule has 0 aromatic heterocycles. The van der Waals surface area contributed by atoms with Gasteiger partial charge in [-0.25, -0.2) is 14.4 Å². The van der Waals surface area contributed by atoms with Gasteiger partial charge in [0.15, 0.2) is 0 Å². The number of carboxylic acids is 3. The van der Waals surface area contributed by atoms with Crippen LogP contribution in [0.4, 0.5) is 0 Å². The van der Waals surface area contributed by atoms with Crippen LogP contribution in [0.2, 0.25) is 0 Å². The minimum Gasteiger partial charge on any atom is -0.472 e. The summed E-state index contributed by atoms with van der Waals surface area (Å²) in [6.45, 7) is 1.06. The van der Waals surface area contributed by atoms with E-state index in [-0.39, 0.29) is 19.8 Å². The second-order valence-corrected chi connectivity index (χ2v) is 3.63. The number of carbonyl (C=O) groups is 3. The van der Waals surface area contributed by atoms with E-state index in [2.05, 4.69) is 19.3 Å². The lowest BCUT2D eigenvalue weighted by atomic mass is 9.95. The van der Waals surface area contributed by atoms with Gasteiger partial charge in [-0.3, -0.25) is 0 Å². The molecule has 128 valence electrons. The molecule has 0 atom stereocenters. The van der Waals surface area contributed by atoms with Crippen molar-refractivity contribution >= 4 is 17.9 Å². The molecule has 6 N–H and O–H groups in total. The molecule has 0 fully saturated rings.